The molecule has 1 aromatic rings. The van der Waals surface area contributed by atoms with Crippen molar-refractivity contribution >= 4 is 23.4 Å². The lowest BCUT2D eigenvalue weighted by atomic mass is 10.1. The Labute approximate surface area is 98.6 Å². The second-order valence-electron chi connectivity index (χ2n) is 3.57. The predicted molar refractivity (Wildman–Crippen MR) is 66.1 cm³/mol. The number of rotatable bonds is 4. The number of hydrogen-bond donors (Lipinski definition) is 2. The lowest BCUT2D eigenvalue weighted by Crippen LogP contribution is -2.34. The Morgan fingerprint density at radius 2 is 2.31 bits per heavy atom. The van der Waals surface area contributed by atoms with E-state index in [0.29, 0.717) is 5.56 Å². The molecule has 16 heavy (non-hydrogen) atoms. The monoisotopic (exact) mass is 242 g/mol. The number of anilines is 1. The first-order chi connectivity index (χ1) is 7.54. The van der Waals surface area contributed by atoms with Gasteiger partial charge in [-0.2, -0.15) is 11.8 Å². The molecule has 0 bridgehead atoms. The van der Waals surface area contributed by atoms with Gasteiger partial charge in [-0.25, -0.2) is 4.39 Å². The summed E-state index contributed by atoms with van der Waals surface area (Å²) in [6.07, 6.45) is 1.97. The normalized spacial score (nSPS) is 12.2. The van der Waals surface area contributed by atoms with Crippen molar-refractivity contribution in [2.24, 2.45) is 0 Å². The smallest absolute Gasteiger partial charge is 0.251 e. The first-order valence-corrected chi connectivity index (χ1v) is 6.28. The van der Waals surface area contributed by atoms with Crippen molar-refractivity contribution in [2.75, 3.05) is 17.7 Å². The Hall–Kier alpha value is -1.23. The van der Waals surface area contributed by atoms with E-state index in [-0.39, 0.29) is 17.6 Å². The fraction of sp³-hybridized carbons (Fsp3) is 0.364. The Kier molecular flexibility index (Phi) is 4.61. The van der Waals surface area contributed by atoms with Crippen LogP contribution in [0.15, 0.2) is 18.2 Å². The molecule has 88 valence electrons. The zero-order chi connectivity index (χ0) is 12.1. The molecule has 1 aromatic carbocycles. The van der Waals surface area contributed by atoms with E-state index in [1.54, 1.807) is 11.8 Å². The van der Waals surface area contributed by atoms with Crippen LogP contribution >= 0.6 is 11.8 Å². The minimum atomic E-state index is -0.506. The van der Waals surface area contributed by atoms with Gasteiger partial charge >= 0.3 is 0 Å². The summed E-state index contributed by atoms with van der Waals surface area (Å²) in [6, 6.07) is 4.04. The van der Waals surface area contributed by atoms with Crippen LogP contribution in [0.1, 0.15) is 17.3 Å². The number of amides is 1. The summed E-state index contributed by atoms with van der Waals surface area (Å²) in [5.74, 6) is 0.101. The number of hydrogen-bond acceptors (Lipinski definition) is 3. The number of nitrogen functional groups attached to an aromatic ring is 1. The van der Waals surface area contributed by atoms with Crippen molar-refractivity contribution in [3.63, 3.8) is 0 Å². The third-order valence-electron chi connectivity index (χ3n) is 2.05. The zero-order valence-electron chi connectivity index (χ0n) is 9.29. The third kappa shape index (κ3) is 3.41. The van der Waals surface area contributed by atoms with Crippen LogP contribution in [0.5, 0.6) is 0 Å². The fourth-order valence-electron chi connectivity index (χ4n) is 1.28. The SMILES string of the molecule is CSCC(C)NC(=O)c1ccc(F)c(N)c1. The molecule has 0 aromatic heterocycles. The van der Waals surface area contributed by atoms with Crippen LogP contribution in [0.4, 0.5) is 10.1 Å². The van der Waals surface area contributed by atoms with E-state index in [1.165, 1.54) is 18.2 Å². The standard InChI is InChI=1S/C11H15FN2OS/c1-7(6-16-2)14-11(15)8-3-4-9(12)10(13)5-8/h3-5,7H,6,13H2,1-2H3,(H,14,15). The molecule has 0 aliphatic carbocycles. The maximum atomic E-state index is 12.9. The molecule has 3 nitrogen and oxygen atoms in total. The van der Waals surface area contributed by atoms with Gasteiger partial charge in [0, 0.05) is 17.4 Å². The summed E-state index contributed by atoms with van der Waals surface area (Å²) >= 11 is 1.65. The highest BCUT2D eigenvalue weighted by Gasteiger charge is 2.10. The van der Waals surface area contributed by atoms with Gasteiger partial charge in [0.05, 0.1) is 5.69 Å². The van der Waals surface area contributed by atoms with Crippen LogP contribution in [-0.4, -0.2) is 24.0 Å². The van der Waals surface area contributed by atoms with Crippen LogP contribution in [-0.2, 0) is 0 Å². The molecular weight excluding hydrogens is 227 g/mol. The molecule has 0 radical (unpaired) electrons. The summed E-state index contributed by atoms with van der Waals surface area (Å²) in [5, 5.41) is 2.81. The number of thioether (sulfide) groups is 1. The van der Waals surface area contributed by atoms with Crippen molar-refractivity contribution < 1.29 is 9.18 Å². The van der Waals surface area contributed by atoms with Crippen LogP contribution in [0.3, 0.4) is 0 Å². The second-order valence-corrected chi connectivity index (χ2v) is 4.48. The number of benzene rings is 1. The van der Waals surface area contributed by atoms with Gasteiger partial charge in [0.2, 0.25) is 0 Å². The van der Waals surface area contributed by atoms with Crippen LogP contribution < -0.4 is 11.1 Å². The van der Waals surface area contributed by atoms with E-state index in [1.807, 2.05) is 13.2 Å². The molecule has 1 rings (SSSR count). The largest absolute Gasteiger partial charge is 0.396 e. The quantitative estimate of drug-likeness (QED) is 0.793. The maximum Gasteiger partial charge on any atom is 0.251 e. The van der Waals surface area contributed by atoms with Gasteiger partial charge in [-0.15, -0.1) is 0 Å². The molecule has 0 heterocycles. The highest BCUT2D eigenvalue weighted by atomic mass is 32.2. The van der Waals surface area contributed by atoms with E-state index < -0.39 is 5.82 Å². The van der Waals surface area contributed by atoms with E-state index in [4.69, 9.17) is 5.73 Å². The summed E-state index contributed by atoms with van der Waals surface area (Å²) in [5.41, 5.74) is 5.76. The first kappa shape index (κ1) is 12.8. The van der Waals surface area contributed by atoms with Crippen LogP contribution in [0, 0.1) is 5.82 Å². The van der Waals surface area contributed by atoms with E-state index >= 15 is 0 Å². The van der Waals surface area contributed by atoms with Gasteiger partial charge in [0.25, 0.3) is 5.91 Å². The number of nitrogens with one attached hydrogen (secondary N) is 1. The van der Waals surface area contributed by atoms with Gasteiger partial charge in [0.15, 0.2) is 0 Å². The van der Waals surface area contributed by atoms with Gasteiger partial charge < -0.3 is 11.1 Å². The minimum Gasteiger partial charge on any atom is -0.396 e. The summed E-state index contributed by atoms with van der Waals surface area (Å²) in [7, 11) is 0. The van der Waals surface area contributed by atoms with Crippen molar-refractivity contribution in [1.29, 1.82) is 0 Å². The summed E-state index contributed by atoms with van der Waals surface area (Å²) in [4.78, 5) is 11.7. The fourth-order valence-corrected chi connectivity index (χ4v) is 1.87. The number of nitrogens with two attached hydrogens (primary N) is 1. The number of carbonyl (C=O) groups excluding carboxylic acids is 1. The molecule has 0 saturated heterocycles. The van der Waals surface area contributed by atoms with Crippen molar-refractivity contribution in [2.45, 2.75) is 13.0 Å². The predicted octanol–water partition coefficient (Wildman–Crippen LogP) is 1.89. The van der Waals surface area contributed by atoms with E-state index in [2.05, 4.69) is 5.32 Å². The average molecular weight is 242 g/mol. The molecule has 0 spiro atoms. The maximum absolute atomic E-state index is 12.9. The molecule has 1 amide bonds. The topological polar surface area (TPSA) is 55.1 Å². The Morgan fingerprint density at radius 1 is 1.62 bits per heavy atom. The molecular formula is C11H15FN2OS. The van der Waals surface area contributed by atoms with Crippen molar-refractivity contribution in [3.05, 3.63) is 29.6 Å². The molecule has 0 aliphatic rings. The summed E-state index contributed by atoms with van der Waals surface area (Å²) < 4.78 is 12.9. The molecule has 0 saturated carbocycles. The van der Waals surface area contributed by atoms with Crippen molar-refractivity contribution in [1.82, 2.24) is 5.32 Å². The van der Waals surface area contributed by atoms with Gasteiger partial charge in [-0.3, -0.25) is 4.79 Å². The molecule has 3 N–H and O–H groups in total. The first-order valence-electron chi connectivity index (χ1n) is 4.89. The Morgan fingerprint density at radius 3 is 2.88 bits per heavy atom. The minimum absolute atomic E-state index is 0.00910. The molecule has 1 atom stereocenters. The number of halogens is 1. The van der Waals surface area contributed by atoms with Crippen LogP contribution in [0.2, 0.25) is 0 Å². The average Bonchev–Trinajstić information content (AvgIpc) is 2.22. The Bertz CT molecular complexity index is 384. The van der Waals surface area contributed by atoms with Gasteiger partial charge in [0.1, 0.15) is 5.82 Å². The zero-order valence-corrected chi connectivity index (χ0v) is 10.1. The third-order valence-corrected chi connectivity index (χ3v) is 2.89. The van der Waals surface area contributed by atoms with Gasteiger partial charge in [-0.05, 0) is 31.4 Å². The highest BCUT2D eigenvalue weighted by Crippen LogP contribution is 2.12. The van der Waals surface area contributed by atoms with Crippen LogP contribution in [0.25, 0.3) is 0 Å². The van der Waals surface area contributed by atoms with E-state index in [0.717, 1.165) is 5.75 Å². The molecule has 1 unspecified atom stereocenters. The molecule has 5 heteroatoms. The lowest BCUT2D eigenvalue weighted by Gasteiger charge is -2.12. The van der Waals surface area contributed by atoms with Crippen molar-refractivity contribution in [3.8, 4) is 0 Å². The number of carbonyl (C=O) groups is 1. The summed E-state index contributed by atoms with van der Waals surface area (Å²) in [6.45, 7) is 1.92. The second kappa shape index (κ2) is 5.75. The highest BCUT2D eigenvalue weighted by molar-refractivity contribution is 7.98. The molecule has 0 fully saturated rings. The van der Waals surface area contributed by atoms with E-state index in [9.17, 15) is 9.18 Å². The molecule has 0 aliphatic heterocycles. The lowest BCUT2D eigenvalue weighted by molar-refractivity contribution is 0.0944. The van der Waals surface area contributed by atoms with Gasteiger partial charge in [-0.1, -0.05) is 0 Å². The Balaban J connectivity index is 2.69.